The van der Waals surface area contributed by atoms with E-state index in [1.54, 1.807) is 12.5 Å². The Morgan fingerprint density at radius 3 is 3.22 bits per heavy atom. The number of nitrogens with one attached hydrogen (secondary N) is 3. The maximum Gasteiger partial charge on any atom is 0.251 e. The van der Waals surface area contributed by atoms with E-state index >= 15 is 0 Å². The zero-order valence-corrected chi connectivity index (χ0v) is 9.86. The summed E-state index contributed by atoms with van der Waals surface area (Å²) in [5, 5.41) is 6.12. The second-order valence-corrected chi connectivity index (χ2v) is 4.31. The number of aromatic amines is 1. The minimum Gasteiger partial charge on any atom is -0.384 e. The summed E-state index contributed by atoms with van der Waals surface area (Å²) < 4.78 is 0. The number of carbonyl (C=O) groups is 1. The zero-order chi connectivity index (χ0) is 12.4. The molecule has 2 aromatic rings. The van der Waals surface area contributed by atoms with E-state index in [0.717, 1.165) is 24.3 Å². The van der Waals surface area contributed by atoms with E-state index in [-0.39, 0.29) is 5.91 Å². The van der Waals surface area contributed by atoms with Gasteiger partial charge in [-0.2, -0.15) is 0 Å². The molecule has 1 aliphatic rings. The maximum atomic E-state index is 12.0. The third kappa shape index (κ3) is 2.07. The van der Waals surface area contributed by atoms with E-state index in [1.807, 2.05) is 18.2 Å². The van der Waals surface area contributed by atoms with Crippen LogP contribution in [0.2, 0.25) is 0 Å². The maximum absolute atomic E-state index is 12.0. The van der Waals surface area contributed by atoms with Crippen molar-refractivity contribution in [1.82, 2.24) is 15.3 Å². The summed E-state index contributed by atoms with van der Waals surface area (Å²) in [7, 11) is 0. The summed E-state index contributed by atoms with van der Waals surface area (Å²) in [5.74, 6) is -0.0684. The fourth-order valence-electron chi connectivity index (χ4n) is 2.09. The number of anilines is 1. The minimum absolute atomic E-state index is 0.0684. The Morgan fingerprint density at radius 2 is 2.39 bits per heavy atom. The molecule has 5 heteroatoms. The summed E-state index contributed by atoms with van der Waals surface area (Å²) in [6.07, 6.45) is 4.33. The van der Waals surface area contributed by atoms with Crippen LogP contribution in [0.15, 0.2) is 30.7 Å². The van der Waals surface area contributed by atoms with Crippen LogP contribution in [0.4, 0.5) is 5.69 Å². The van der Waals surface area contributed by atoms with Crippen LogP contribution in [-0.2, 0) is 13.0 Å². The monoisotopic (exact) mass is 242 g/mol. The van der Waals surface area contributed by atoms with Crippen LogP contribution in [0, 0.1) is 0 Å². The highest BCUT2D eigenvalue weighted by Crippen LogP contribution is 2.23. The number of H-pyrrole nitrogens is 1. The molecule has 0 fully saturated rings. The third-order valence-corrected chi connectivity index (χ3v) is 3.08. The fourth-order valence-corrected chi connectivity index (χ4v) is 2.09. The predicted molar refractivity (Wildman–Crippen MR) is 68.4 cm³/mol. The Balaban J connectivity index is 1.69. The molecular formula is C13H14N4O. The van der Waals surface area contributed by atoms with Crippen molar-refractivity contribution in [2.24, 2.45) is 0 Å². The molecule has 2 heterocycles. The van der Waals surface area contributed by atoms with Gasteiger partial charge in [0.15, 0.2) is 0 Å². The topological polar surface area (TPSA) is 69.8 Å². The van der Waals surface area contributed by atoms with Crippen molar-refractivity contribution in [2.45, 2.75) is 13.0 Å². The van der Waals surface area contributed by atoms with E-state index in [0.29, 0.717) is 12.1 Å². The van der Waals surface area contributed by atoms with E-state index in [9.17, 15) is 4.79 Å². The largest absolute Gasteiger partial charge is 0.384 e. The number of fused-ring (bicyclic) bond motifs is 1. The lowest BCUT2D eigenvalue weighted by atomic mass is 10.1. The standard InChI is InChI=1S/C13H14N4O/c18-13(16-7-11-6-14-8-17-11)10-2-1-9-3-4-15-12(9)5-10/h1-2,5-6,8,15H,3-4,7H2,(H,14,17)(H,16,18). The van der Waals surface area contributed by atoms with E-state index in [2.05, 4.69) is 20.6 Å². The van der Waals surface area contributed by atoms with Crippen molar-refractivity contribution >= 4 is 11.6 Å². The smallest absolute Gasteiger partial charge is 0.251 e. The lowest BCUT2D eigenvalue weighted by Gasteiger charge is -2.06. The van der Waals surface area contributed by atoms with Crippen LogP contribution in [0.1, 0.15) is 21.6 Å². The molecule has 92 valence electrons. The van der Waals surface area contributed by atoms with Crippen molar-refractivity contribution in [3.05, 3.63) is 47.5 Å². The molecule has 0 unspecified atom stereocenters. The summed E-state index contributed by atoms with van der Waals surface area (Å²) in [6.45, 7) is 1.41. The van der Waals surface area contributed by atoms with Gasteiger partial charge in [-0.05, 0) is 24.1 Å². The Bertz CT molecular complexity index is 562. The second-order valence-electron chi connectivity index (χ2n) is 4.31. The van der Waals surface area contributed by atoms with Crippen LogP contribution >= 0.6 is 0 Å². The molecule has 1 aromatic carbocycles. The van der Waals surface area contributed by atoms with Gasteiger partial charge in [0.1, 0.15) is 0 Å². The minimum atomic E-state index is -0.0684. The number of benzene rings is 1. The number of amides is 1. The molecule has 0 saturated heterocycles. The van der Waals surface area contributed by atoms with Crippen molar-refractivity contribution < 1.29 is 4.79 Å². The average Bonchev–Trinajstić information content (AvgIpc) is 3.05. The highest BCUT2D eigenvalue weighted by molar-refractivity contribution is 5.95. The fraction of sp³-hybridized carbons (Fsp3) is 0.231. The van der Waals surface area contributed by atoms with Gasteiger partial charge >= 0.3 is 0 Å². The Kier molecular flexibility index (Phi) is 2.72. The average molecular weight is 242 g/mol. The molecular weight excluding hydrogens is 228 g/mol. The van der Waals surface area contributed by atoms with Crippen molar-refractivity contribution in [2.75, 3.05) is 11.9 Å². The molecule has 1 amide bonds. The van der Waals surface area contributed by atoms with E-state index in [4.69, 9.17) is 0 Å². The third-order valence-electron chi connectivity index (χ3n) is 3.08. The normalized spacial score (nSPS) is 12.9. The molecule has 0 atom stereocenters. The molecule has 18 heavy (non-hydrogen) atoms. The summed E-state index contributed by atoms with van der Waals surface area (Å²) in [5.41, 5.74) is 3.93. The van der Waals surface area contributed by atoms with E-state index < -0.39 is 0 Å². The molecule has 1 aromatic heterocycles. The Hall–Kier alpha value is -2.30. The van der Waals surface area contributed by atoms with Crippen LogP contribution in [0.5, 0.6) is 0 Å². The number of hydrogen-bond acceptors (Lipinski definition) is 3. The predicted octanol–water partition coefficient (Wildman–Crippen LogP) is 1.31. The highest BCUT2D eigenvalue weighted by atomic mass is 16.1. The Labute approximate surface area is 105 Å². The number of aromatic nitrogens is 2. The number of imidazole rings is 1. The first-order chi connectivity index (χ1) is 8.83. The van der Waals surface area contributed by atoms with Crippen molar-refractivity contribution in [3.63, 3.8) is 0 Å². The molecule has 0 aliphatic carbocycles. The van der Waals surface area contributed by atoms with Crippen molar-refractivity contribution in [1.29, 1.82) is 0 Å². The van der Waals surface area contributed by atoms with Crippen molar-refractivity contribution in [3.8, 4) is 0 Å². The molecule has 1 aliphatic heterocycles. The first kappa shape index (κ1) is 10.8. The Morgan fingerprint density at radius 1 is 1.44 bits per heavy atom. The van der Waals surface area contributed by atoms with Gasteiger partial charge in [-0.3, -0.25) is 4.79 Å². The number of rotatable bonds is 3. The summed E-state index contributed by atoms with van der Waals surface area (Å²) >= 11 is 0. The van der Waals surface area contributed by atoms with Gasteiger partial charge in [0.05, 0.1) is 18.6 Å². The van der Waals surface area contributed by atoms with Gasteiger partial charge in [-0.15, -0.1) is 0 Å². The van der Waals surface area contributed by atoms with Crippen LogP contribution in [-0.4, -0.2) is 22.4 Å². The first-order valence-electron chi connectivity index (χ1n) is 5.95. The number of hydrogen-bond donors (Lipinski definition) is 3. The molecule has 0 radical (unpaired) electrons. The molecule has 3 N–H and O–H groups in total. The number of nitrogens with zero attached hydrogens (tertiary/aromatic N) is 1. The molecule has 0 bridgehead atoms. The SMILES string of the molecule is O=C(NCc1cnc[nH]1)c1ccc2c(c1)NCC2. The second kappa shape index (κ2) is 4.52. The zero-order valence-electron chi connectivity index (χ0n) is 9.86. The van der Waals surface area contributed by atoms with Gasteiger partial charge in [0.25, 0.3) is 5.91 Å². The van der Waals surface area contributed by atoms with E-state index in [1.165, 1.54) is 5.56 Å². The summed E-state index contributed by atoms with van der Waals surface area (Å²) in [6, 6.07) is 5.79. The molecule has 3 rings (SSSR count). The molecule has 0 saturated carbocycles. The summed E-state index contributed by atoms with van der Waals surface area (Å²) in [4.78, 5) is 18.8. The number of carbonyl (C=O) groups excluding carboxylic acids is 1. The molecule has 5 nitrogen and oxygen atoms in total. The lowest BCUT2D eigenvalue weighted by molar-refractivity contribution is 0.0950. The quantitative estimate of drug-likeness (QED) is 0.760. The van der Waals surface area contributed by atoms with Gasteiger partial charge in [0, 0.05) is 24.0 Å². The van der Waals surface area contributed by atoms with Crippen LogP contribution in [0.3, 0.4) is 0 Å². The molecule has 0 spiro atoms. The van der Waals surface area contributed by atoms with Crippen LogP contribution < -0.4 is 10.6 Å². The first-order valence-corrected chi connectivity index (χ1v) is 5.95. The highest BCUT2D eigenvalue weighted by Gasteiger charge is 2.13. The van der Waals surface area contributed by atoms with Gasteiger partial charge in [-0.1, -0.05) is 6.07 Å². The van der Waals surface area contributed by atoms with Gasteiger partial charge < -0.3 is 15.6 Å². The lowest BCUT2D eigenvalue weighted by Crippen LogP contribution is -2.22. The van der Waals surface area contributed by atoms with Gasteiger partial charge in [0.2, 0.25) is 0 Å². The van der Waals surface area contributed by atoms with Gasteiger partial charge in [-0.25, -0.2) is 4.98 Å². The van der Waals surface area contributed by atoms with Crippen LogP contribution in [0.25, 0.3) is 0 Å².